The van der Waals surface area contributed by atoms with Crippen LogP contribution in [0.4, 0.5) is 15.8 Å². The Hall–Kier alpha value is -3.79. The first kappa shape index (κ1) is 23.0. The van der Waals surface area contributed by atoms with Crippen LogP contribution in [0.3, 0.4) is 0 Å². The Morgan fingerprint density at radius 1 is 1.17 bits per heavy atom. The Kier molecular flexibility index (Phi) is 5.98. The number of ether oxygens (including phenoxy) is 1. The first-order chi connectivity index (χ1) is 16.8. The van der Waals surface area contributed by atoms with E-state index >= 15 is 0 Å². The minimum atomic E-state index is -0.512. The van der Waals surface area contributed by atoms with Crippen molar-refractivity contribution in [1.29, 1.82) is 0 Å². The van der Waals surface area contributed by atoms with Gasteiger partial charge in [0.15, 0.2) is 11.5 Å². The second-order valence-corrected chi connectivity index (χ2v) is 9.07. The smallest absolute Gasteiger partial charge is 0.257 e. The standard InChI is InChI=1S/C25H28FN7O2/c1-15-13-33-14-16(11-19(26)24(33)28-15)29-25(34)18-5-6-20(23-22(18)27-12-21(30-23)35-4)32-9-7-17(8-10-32)31(2)3/h5-6,11-14,17H,7-10H2,1-4H3,(H,29,34). The molecular weight excluding hydrogens is 449 g/mol. The van der Waals surface area contributed by atoms with Gasteiger partial charge in [0.2, 0.25) is 5.88 Å². The molecule has 0 unspecified atom stereocenters. The first-order valence-corrected chi connectivity index (χ1v) is 11.6. The van der Waals surface area contributed by atoms with Crippen LogP contribution in [0.1, 0.15) is 28.9 Å². The van der Waals surface area contributed by atoms with Gasteiger partial charge in [0.1, 0.15) is 11.0 Å². The summed E-state index contributed by atoms with van der Waals surface area (Å²) in [6, 6.07) is 5.47. The van der Waals surface area contributed by atoms with Gasteiger partial charge in [-0.2, -0.15) is 0 Å². The van der Waals surface area contributed by atoms with Crippen molar-refractivity contribution in [2.45, 2.75) is 25.8 Å². The molecule has 5 rings (SSSR count). The number of nitrogens with one attached hydrogen (secondary N) is 1. The summed E-state index contributed by atoms with van der Waals surface area (Å²) in [5.74, 6) is -0.535. The molecule has 1 amide bonds. The van der Waals surface area contributed by atoms with Gasteiger partial charge in [-0.3, -0.25) is 4.79 Å². The molecule has 0 radical (unpaired) electrons. The summed E-state index contributed by atoms with van der Waals surface area (Å²) in [5.41, 5.74) is 3.56. The summed E-state index contributed by atoms with van der Waals surface area (Å²) in [5, 5.41) is 2.79. The molecule has 0 bridgehead atoms. The monoisotopic (exact) mass is 477 g/mol. The normalized spacial score (nSPS) is 14.7. The highest BCUT2D eigenvalue weighted by atomic mass is 19.1. The lowest BCUT2D eigenvalue weighted by atomic mass is 10.0. The topological polar surface area (TPSA) is 87.9 Å². The fourth-order valence-electron chi connectivity index (χ4n) is 4.67. The quantitative estimate of drug-likeness (QED) is 0.471. The molecule has 0 saturated carbocycles. The minimum Gasteiger partial charge on any atom is -0.480 e. The summed E-state index contributed by atoms with van der Waals surface area (Å²) < 4.78 is 21.4. The molecule has 1 aromatic carbocycles. The third kappa shape index (κ3) is 4.37. The SMILES string of the molecule is COc1cnc2c(C(=O)Nc3cc(F)c4nc(C)cn4c3)ccc(N3CCC(N(C)C)CC3)c2n1. The van der Waals surface area contributed by atoms with Gasteiger partial charge < -0.3 is 24.3 Å². The van der Waals surface area contributed by atoms with E-state index in [9.17, 15) is 9.18 Å². The molecule has 1 aliphatic heterocycles. The van der Waals surface area contributed by atoms with Gasteiger partial charge in [-0.05, 0) is 46.0 Å². The van der Waals surface area contributed by atoms with E-state index in [0.29, 0.717) is 39.9 Å². The number of pyridine rings is 1. The van der Waals surface area contributed by atoms with Crippen molar-refractivity contribution in [3.8, 4) is 5.88 Å². The number of imidazole rings is 1. The van der Waals surface area contributed by atoms with Crippen molar-refractivity contribution in [2.75, 3.05) is 44.5 Å². The number of carbonyl (C=O) groups is 1. The zero-order valence-corrected chi connectivity index (χ0v) is 20.2. The summed E-state index contributed by atoms with van der Waals surface area (Å²) in [6.45, 7) is 3.55. The molecule has 4 heterocycles. The number of hydrogen-bond donors (Lipinski definition) is 1. The van der Waals surface area contributed by atoms with Crippen LogP contribution in [0.5, 0.6) is 5.88 Å². The molecule has 3 aromatic heterocycles. The van der Waals surface area contributed by atoms with Crippen LogP contribution in [-0.2, 0) is 0 Å². The highest BCUT2D eigenvalue weighted by Gasteiger charge is 2.24. The zero-order valence-electron chi connectivity index (χ0n) is 20.2. The number of anilines is 2. The van der Waals surface area contributed by atoms with Gasteiger partial charge >= 0.3 is 0 Å². The Morgan fingerprint density at radius 3 is 2.66 bits per heavy atom. The molecule has 1 N–H and O–H groups in total. The Labute approximate surface area is 202 Å². The van der Waals surface area contributed by atoms with E-state index in [1.807, 2.05) is 6.07 Å². The van der Waals surface area contributed by atoms with E-state index in [1.54, 1.807) is 29.8 Å². The maximum absolute atomic E-state index is 14.5. The van der Waals surface area contributed by atoms with Crippen LogP contribution < -0.4 is 15.0 Å². The lowest BCUT2D eigenvalue weighted by molar-refractivity contribution is 0.102. The van der Waals surface area contributed by atoms with Crippen LogP contribution in [0.15, 0.2) is 36.8 Å². The lowest BCUT2D eigenvalue weighted by Crippen LogP contribution is -2.42. The van der Waals surface area contributed by atoms with Crippen molar-refractivity contribution in [1.82, 2.24) is 24.3 Å². The average molecular weight is 478 g/mol. The van der Waals surface area contributed by atoms with Crippen LogP contribution in [0.2, 0.25) is 0 Å². The van der Waals surface area contributed by atoms with E-state index in [0.717, 1.165) is 31.6 Å². The molecule has 9 nitrogen and oxygen atoms in total. The van der Waals surface area contributed by atoms with E-state index in [4.69, 9.17) is 4.74 Å². The molecule has 35 heavy (non-hydrogen) atoms. The molecule has 10 heteroatoms. The van der Waals surface area contributed by atoms with Gasteiger partial charge in [-0.15, -0.1) is 0 Å². The van der Waals surface area contributed by atoms with Crippen molar-refractivity contribution in [3.63, 3.8) is 0 Å². The predicted octanol–water partition coefficient (Wildman–Crippen LogP) is 3.52. The van der Waals surface area contributed by atoms with Gasteiger partial charge in [0, 0.05) is 37.6 Å². The minimum absolute atomic E-state index is 0.214. The van der Waals surface area contributed by atoms with Crippen molar-refractivity contribution in [2.24, 2.45) is 0 Å². The molecule has 182 valence electrons. The van der Waals surface area contributed by atoms with Crippen LogP contribution in [-0.4, -0.2) is 70.5 Å². The summed E-state index contributed by atoms with van der Waals surface area (Å²) in [6.07, 6.45) is 6.92. The molecule has 1 aliphatic rings. The number of rotatable bonds is 5. The Balaban J connectivity index is 1.49. The molecule has 1 fully saturated rings. The van der Waals surface area contributed by atoms with E-state index in [-0.39, 0.29) is 5.65 Å². The number of nitrogens with zero attached hydrogens (tertiary/aromatic N) is 6. The van der Waals surface area contributed by atoms with Crippen LogP contribution in [0.25, 0.3) is 16.7 Å². The zero-order chi connectivity index (χ0) is 24.7. The maximum Gasteiger partial charge on any atom is 0.257 e. The van der Waals surface area contributed by atoms with Crippen molar-refractivity contribution < 1.29 is 13.9 Å². The van der Waals surface area contributed by atoms with Gasteiger partial charge in [-0.25, -0.2) is 19.3 Å². The number of aromatic nitrogens is 4. The number of aryl methyl sites for hydroxylation is 1. The maximum atomic E-state index is 14.5. The highest BCUT2D eigenvalue weighted by Crippen LogP contribution is 2.31. The van der Waals surface area contributed by atoms with Gasteiger partial charge in [-0.1, -0.05) is 0 Å². The second kappa shape index (κ2) is 9.10. The third-order valence-electron chi connectivity index (χ3n) is 6.53. The summed E-state index contributed by atoms with van der Waals surface area (Å²) in [4.78, 5) is 31.1. The molecule has 4 aromatic rings. The number of benzene rings is 1. The lowest BCUT2D eigenvalue weighted by Gasteiger charge is -2.36. The number of amides is 1. The van der Waals surface area contributed by atoms with E-state index in [2.05, 4.69) is 44.2 Å². The molecule has 0 spiro atoms. The number of piperidine rings is 1. The third-order valence-corrected chi connectivity index (χ3v) is 6.53. The van der Waals surface area contributed by atoms with Gasteiger partial charge in [0.25, 0.3) is 5.91 Å². The first-order valence-electron chi connectivity index (χ1n) is 11.6. The fourth-order valence-corrected chi connectivity index (χ4v) is 4.67. The molecule has 0 atom stereocenters. The second-order valence-electron chi connectivity index (χ2n) is 9.07. The summed E-state index contributed by atoms with van der Waals surface area (Å²) >= 11 is 0. The highest BCUT2D eigenvalue weighted by molar-refractivity contribution is 6.13. The fraction of sp³-hybridized carbons (Fsp3) is 0.360. The van der Waals surface area contributed by atoms with Crippen LogP contribution >= 0.6 is 0 Å². The molecule has 0 aliphatic carbocycles. The van der Waals surface area contributed by atoms with Crippen LogP contribution in [0, 0.1) is 12.7 Å². The Morgan fingerprint density at radius 2 is 1.94 bits per heavy atom. The van der Waals surface area contributed by atoms with Crippen molar-refractivity contribution in [3.05, 3.63) is 53.9 Å². The number of carbonyl (C=O) groups excluding carboxylic acids is 1. The number of fused-ring (bicyclic) bond motifs is 2. The van der Waals surface area contributed by atoms with Crippen molar-refractivity contribution >= 4 is 34.0 Å². The van der Waals surface area contributed by atoms with E-state index in [1.165, 1.54) is 19.4 Å². The van der Waals surface area contributed by atoms with Gasteiger partial charge in [0.05, 0.1) is 35.9 Å². The van der Waals surface area contributed by atoms with E-state index < -0.39 is 11.7 Å². The number of halogens is 1. The number of hydrogen-bond acceptors (Lipinski definition) is 7. The molecular formula is C25H28FN7O2. The predicted molar refractivity (Wildman–Crippen MR) is 133 cm³/mol. The average Bonchev–Trinajstić information content (AvgIpc) is 3.23. The summed E-state index contributed by atoms with van der Waals surface area (Å²) in [7, 11) is 5.76. The Bertz CT molecular complexity index is 1410. The number of methoxy groups -OCH3 is 1. The largest absolute Gasteiger partial charge is 0.480 e. The molecule has 1 saturated heterocycles.